The van der Waals surface area contributed by atoms with Gasteiger partial charge in [-0.1, -0.05) is 0 Å². The van der Waals surface area contributed by atoms with Gasteiger partial charge >= 0.3 is 0 Å². The van der Waals surface area contributed by atoms with Gasteiger partial charge in [-0.25, -0.2) is 0 Å². The number of carboxylic acids is 2. The zero-order valence-corrected chi connectivity index (χ0v) is 19.0. The number of nitrogens with zero attached hydrogens (tertiary/aromatic N) is 2. The Morgan fingerprint density at radius 1 is 0.667 bits per heavy atom. The number of hydrogen-bond donors (Lipinski definition) is 1. The Hall–Kier alpha value is -1.18. The molecule has 0 heterocycles. The second kappa shape index (κ2) is 17.0. The maximum Gasteiger partial charge on any atom is 0.0757 e. The number of rotatable bonds is 11. The van der Waals surface area contributed by atoms with Crippen LogP contribution in [0.2, 0.25) is 0 Å². The van der Waals surface area contributed by atoms with Crippen molar-refractivity contribution in [3.05, 3.63) is 0 Å². The van der Waals surface area contributed by atoms with Crippen molar-refractivity contribution in [2.45, 2.75) is 67.9 Å². The van der Waals surface area contributed by atoms with Gasteiger partial charge in [-0.05, 0) is 55.4 Å². The highest BCUT2D eigenvalue weighted by molar-refractivity contribution is 5.77. The normalized spacial score (nSPS) is 12.2. The molecule has 27 heavy (non-hydrogen) atoms. The van der Waals surface area contributed by atoms with E-state index >= 15 is 0 Å². The van der Waals surface area contributed by atoms with E-state index in [-0.39, 0.29) is 0 Å². The summed E-state index contributed by atoms with van der Waals surface area (Å²) in [6.07, 6.45) is -0.706. The Morgan fingerprint density at radius 3 is 0.926 bits per heavy atom. The van der Waals surface area contributed by atoms with Crippen molar-refractivity contribution >= 4 is 11.9 Å². The maximum atomic E-state index is 9.71. The van der Waals surface area contributed by atoms with Crippen LogP contribution >= 0.6 is 0 Å². The number of carboxylic acid groups (broad SMARTS) is 2. The Balaban J connectivity index is -0.000000320. The first-order valence-electron chi connectivity index (χ1n) is 10.4. The molecular weight excluding hydrogens is 346 g/mol. The number of quaternary nitrogens is 2. The third-order valence-corrected chi connectivity index (χ3v) is 6.06. The maximum absolute atomic E-state index is 9.71. The number of aliphatic carboxylic acids is 2. The first kappa shape index (κ1) is 30.5. The van der Waals surface area contributed by atoms with Crippen molar-refractivity contribution in [2.75, 3.05) is 52.4 Å². The molecule has 0 aromatic rings. The summed E-state index contributed by atoms with van der Waals surface area (Å²) in [5.41, 5.74) is 4.73. The molecule has 7 nitrogen and oxygen atoms in total. The Kier molecular flexibility index (Phi) is 19.2. The van der Waals surface area contributed by atoms with E-state index in [1.54, 1.807) is 0 Å². The fourth-order valence-electron chi connectivity index (χ4n) is 2.95. The van der Waals surface area contributed by atoms with Crippen LogP contribution in [0.15, 0.2) is 0 Å². The van der Waals surface area contributed by atoms with E-state index in [4.69, 9.17) is 5.73 Å². The van der Waals surface area contributed by atoms with E-state index in [1.807, 2.05) is 0 Å². The number of carbonyl (C=O) groups is 2. The minimum Gasteiger partial charge on any atom is -0.550 e. The van der Waals surface area contributed by atoms with Crippen LogP contribution in [0.5, 0.6) is 0 Å². The molecule has 0 saturated carbocycles. The van der Waals surface area contributed by atoms with E-state index < -0.39 is 24.4 Å². The lowest BCUT2D eigenvalue weighted by molar-refractivity contribution is -0.921. The summed E-state index contributed by atoms with van der Waals surface area (Å²) in [5, 5.41) is 19.3. The minimum absolute atomic E-state index is 0.706. The molecule has 0 aliphatic carbocycles. The summed E-state index contributed by atoms with van der Waals surface area (Å²) >= 11 is 0. The summed E-state index contributed by atoms with van der Waals surface area (Å²) in [7, 11) is 0. The Bertz CT molecular complexity index is 326. The third kappa shape index (κ3) is 13.6. The molecule has 0 aromatic carbocycles. The fourth-order valence-corrected chi connectivity index (χ4v) is 2.95. The average Bonchev–Trinajstić information content (AvgIpc) is 2.67. The van der Waals surface area contributed by atoms with Crippen molar-refractivity contribution in [2.24, 2.45) is 5.73 Å². The van der Waals surface area contributed by atoms with Crippen LogP contribution < -0.4 is 15.9 Å². The summed E-state index contributed by atoms with van der Waals surface area (Å²) in [4.78, 5) is 19.3. The van der Waals surface area contributed by atoms with E-state index in [1.165, 1.54) is 61.3 Å². The first-order chi connectivity index (χ1) is 12.5. The van der Waals surface area contributed by atoms with Gasteiger partial charge in [0.25, 0.3) is 0 Å². The van der Waals surface area contributed by atoms with Crippen LogP contribution in [0, 0.1) is 0 Å². The monoisotopic (exact) mass is 391 g/mol. The molecule has 0 radical (unpaired) electrons. The smallest absolute Gasteiger partial charge is 0.0757 e. The molecule has 7 heteroatoms. The van der Waals surface area contributed by atoms with E-state index in [9.17, 15) is 19.8 Å². The van der Waals surface area contributed by atoms with Gasteiger partial charge < -0.3 is 34.5 Å². The molecule has 0 fully saturated rings. The summed E-state index contributed by atoms with van der Waals surface area (Å²) in [6.45, 7) is 28.4. The van der Waals surface area contributed by atoms with Crippen molar-refractivity contribution in [3.63, 3.8) is 0 Å². The van der Waals surface area contributed by atoms with Gasteiger partial charge in [-0.3, -0.25) is 0 Å². The second-order valence-electron chi connectivity index (χ2n) is 6.71. The molecule has 2 N–H and O–H groups in total. The lowest BCUT2D eigenvalue weighted by Crippen LogP contribution is -2.47. The molecule has 1 atom stereocenters. The van der Waals surface area contributed by atoms with Gasteiger partial charge in [0.1, 0.15) is 0 Å². The van der Waals surface area contributed by atoms with E-state index in [0.717, 1.165) is 0 Å². The molecule has 0 aliphatic rings. The number of nitrogens with two attached hydrogens (primary N) is 1. The van der Waals surface area contributed by atoms with Crippen molar-refractivity contribution in [1.29, 1.82) is 0 Å². The molecule has 0 rings (SSSR count). The van der Waals surface area contributed by atoms with Crippen LogP contribution in [-0.2, 0) is 9.59 Å². The molecule has 0 unspecified atom stereocenters. The van der Waals surface area contributed by atoms with Gasteiger partial charge in [0.05, 0.1) is 58.3 Å². The predicted octanol–water partition coefficient (Wildman–Crippen LogP) is -0.0308. The van der Waals surface area contributed by atoms with Gasteiger partial charge in [0, 0.05) is 18.4 Å². The van der Waals surface area contributed by atoms with E-state index in [0.29, 0.717) is 0 Å². The van der Waals surface area contributed by atoms with Crippen LogP contribution in [-0.4, -0.2) is 79.3 Å². The van der Waals surface area contributed by atoms with Gasteiger partial charge in [0.2, 0.25) is 0 Å². The lowest BCUT2D eigenvalue weighted by atomic mass is 10.2. The van der Waals surface area contributed by atoms with Crippen LogP contribution in [0.25, 0.3) is 0 Å². The Labute approximate surface area is 167 Å². The highest BCUT2D eigenvalue weighted by Crippen LogP contribution is 2.03. The van der Waals surface area contributed by atoms with Crippen molar-refractivity contribution in [1.82, 2.24) is 0 Å². The summed E-state index contributed by atoms with van der Waals surface area (Å²) in [5.74, 6) is -3.08. The van der Waals surface area contributed by atoms with E-state index in [2.05, 4.69) is 55.4 Å². The molecule has 0 aromatic heterocycles. The summed E-state index contributed by atoms with van der Waals surface area (Å²) < 4.78 is 2.56. The van der Waals surface area contributed by atoms with Gasteiger partial charge in [0.15, 0.2) is 0 Å². The molecule has 0 spiro atoms. The zero-order valence-electron chi connectivity index (χ0n) is 19.0. The van der Waals surface area contributed by atoms with Crippen LogP contribution in [0.4, 0.5) is 0 Å². The van der Waals surface area contributed by atoms with Crippen molar-refractivity contribution < 1.29 is 28.8 Å². The highest BCUT2D eigenvalue weighted by Gasteiger charge is 2.16. The lowest BCUT2D eigenvalue weighted by Gasteiger charge is -2.34. The topological polar surface area (TPSA) is 106 Å². The summed E-state index contributed by atoms with van der Waals surface area (Å²) in [6, 6.07) is -1.46. The van der Waals surface area contributed by atoms with Gasteiger partial charge in [-0.15, -0.1) is 0 Å². The standard InChI is InChI=1S/2C8H20N.C4H7NO4/c2*1-5-9(6-2,7-3)8-4;5-2(4(8)9)1-3(6)7/h2*5-8H2,1-4H3;2H,1,5H2,(H,6,7)(H,8,9)/q2*+1;/p-2/t;;2-/m..0/s1. The SMILES string of the molecule is CC[N+](CC)(CC)CC.CC[N+](CC)(CC)CC.N[C@@H](CC(=O)[O-])C(=O)[O-]. The van der Waals surface area contributed by atoms with Crippen LogP contribution in [0.3, 0.4) is 0 Å². The molecule has 0 saturated heterocycles. The quantitative estimate of drug-likeness (QED) is 0.498. The number of carbonyl (C=O) groups excluding carboxylic acids is 2. The minimum atomic E-state index is -1.58. The third-order valence-electron chi connectivity index (χ3n) is 6.06. The van der Waals surface area contributed by atoms with Gasteiger partial charge in [-0.2, -0.15) is 0 Å². The molecular formula is C20H45N3O4. The van der Waals surface area contributed by atoms with Crippen molar-refractivity contribution in [3.8, 4) is 0 Å². The molecule has 0 bridgehead atoms. The second-order valence-corrected chi connectivity index (χ2v) is 6.71. The average molecular weight is 392 g/mol. The molecule has 164 valence electrons. The number of hydrogen-bond acceptors (Lipinski definition) is 5. The Morgan fingerprint density at radius 2 is 0.889 bits per heavy atom. The largest absolute Gasteiger partial charge is 0.550 e. The zero-order chi connectivity index (χ0) is 22.1. The molecule has 0 amide bonds. The predicted molar refractivity (Wildman–Crippen MR) is 107 cm³/mol. The fraction of sp³-hybridized carbons (Fsp3) is 0.900. The van der Waals surface area contributed by atoms with Crippen LogP contribution in [0.1, 0.15) is 61.8 Å². The first-order valence-corrected chi connectivity index (χ1v) is 10.4. The molecule has 0 aliphatic heterocycles. The highest BCUT2D eigenvalue weighted by atomic mass is 16.4.